The van der Waals surface area contributed by atoms with Crippen molar-refractivity contribution >= 4 is 27.3 Å². The van der Waals surface area contributed by atoms with Gasteiger partial charge in [0, 0.05) is 11.4 Å². The van der Waals surface area contributed by atoms with Crippen LogP contribution in [0.1, 0.15) is 29.1 Å². The van der Waals surface area contributed by atoms with E-state index in [1.165, 1.54) is 5.56 Å². The van der Waals surface area contributed by atoms with Crippen molar-refractivity contribution in [1.29, 1.82) is 0 Å². The van der Waals surface area contributed by atoms with E-state index in [4.69, 9.17) is 10.6 Å². The summed E-state index contributed by atoms with van der Waals surface area (Å²) in [5.74, 6) is 6.49. The summed E-state index contributed by atoms with van der Waals surface area (Å²) in [5, 5.41) is 4.32. The number of ether oxygens (including phenoxy) is 1. The lowest BCUT2D eigenvalue weighted by molar-refractivity contribution is 0.400. The fraction of sp³-hybridized carbons (Fsp3) is 0.417. The van der Waals surface area contributed by atoms with Gasteiger partial charge in [-0.1, -0.05) is 0 Å². The van der Waals surface area contributed by atoms with E-state index in [-0.39, 0.29) is 6.04 Å². The summed E-state index contributed by atoms with van der Waals surface area (Å²) in [4.78, 5) is 1.13. The van der Waals surface area contributed by atoms with Crippen LogP contribution in [-0.4, -0.2) is 16.9 Å². The van der Waals surface area contributed by atoms with Gasteiger partial charge < -0.3 is 4.74 Å². The Bertz CT molecular complexity index is 525. The summed E-state index contributed by atoms with van der Waals surface area (Å²) in [5.41, 5.74) is 5.00. The van der Waals surface area contributed by atoms with Gasteiger partial charge in [-0.25, -0.2) is 5.43 Å². The molecule has 0 saturated carbocycles. The standard InChI is InChI=1S/C12H17BrN4OS/c1-4-17-11(8(18-3)6-15-17)10(16-14)9-5-7(2)12(13)19-9/h5-6,10,16H,4,14H2,1-3H3. The molecule has 0 aliphatic carbocycles. The number of hydrogen-bond acceptors (Lipinski definition) is 5. The molecule has 0 spiro atoms. The number of hydrazine groups is 1. The van der Waals surface area contributed by atoms with Gasteiger partial charge in [0.1, 0.15) is 11.7 Å². The zero-order chi connectivity index (χ0) is 14.0. The normalized spacial score (nSPS) is 12.7. The number of methoxy groups -OCH3 is 1. The lowest BCUT2D eigenvalue weighted by atomic mass is 10.1. The third-order valence-corrected chi connectivity index (χ3v) is 5.17. The summed E-state index contributed by atoms with van der Waals surface area (Å²) < 4.78 is 8.39. The second-order valence-corrected chi connectivity index (χ2v) is 6.52. The molecule has 0 aliphatic heterocycles. The van der Waals surface area contributed by atoms with E-state index in [0.717, 1.165) is 26.7 Å². The Morgan fingerprint density at radius 2 is 2.37 bits per heavy atom. The monoisotopic (exact) mass is 344 g/mol. The van der Waals surface area contributed by atoms with Crippen molar-refractivity contribution in [2.75, 3.05) is 7.11 Å². The van der Waals surface area contributed by atoms with Gasteiger partial charge in [0.2, 0.25) is 0 Å². The summed E-state index contributed by atoms with van der Waals surface area (Å²) in [6.45, 7) is 4.87. The number of hydrogen-bond donors (Lipinski definition) is 2. The molecule has 1 atom stereocenters. The highest BCUT2D eigenvalue weighted by Crippen LogP contribution is 2.36. The highest BCUT2D eigenvalue weighted by molar-refractivity contribution is 9.11. The van der Waals surface area contributed by atoms with Crippen LogP contribution in [0.3, 0.4) is 0 Å². The molecule has 2 aromatic heterocycles. The summed E-state index contributed by atoms with van der Waals surface area (Å²) in [6.07, 6.45) is 1.72. The lowest BCUT2D eigenvalue weighted by Crippen LogP contribution is -2.30. The first-order valence-corrected chi connectivity index (χ1v) is 7.54. The molecular weight excluding hydrogens is 328 g/mol. The molecule has 2 aromatic rings. The number of rotatable bonds is 5. The van der Waals surface area contributed by atoms with Crippen molar-refractivity contribution in [3.05, 3.63) is 32.2 Å². The van der Waals surface area contributed by atoms with Crippen molar-refractivity contribution in [3.8, 4) is 5.75 Å². The Labute approximate surface area is 124 Å². The third-order valence-electron chi connectivity index (χ3n) is 2.97. The van der Waals surface area contributed by atoms with Crippen molar-refractivity contribution in [2.45, 2.75) is 26.4 Å². The van der Waals surface area contributed by atoms with Crippen LogP contribution >= 0.6 is 27.3 Å². The fourth-order valence-corrected chi connectivity index (χ4v) is 3.64. The van der Waals surface area contributed by atoms with E-state index in [0.29, 0.717) is 0 Å². The summed E-state index contributed by atoms with van der Waals surface area (Å²) in [7, 11) is 1.64. The van der Waals surface area contributed by atoms with Crippen LogP contribution in [0.4, 0.5) is 0 Å². The minimum Gasteiger partial charge on any atom is -0.493 e. The zero-order valence-electron chi connectivity index (χ0n) is 11.1. The summed E-state index contributed by atoms with van der Waals surface area (Å²) >= 11 is 5.21. The second kappa shape index (κ2) is 6.04. The fourth-order valence-electron chi connectivity index (χ4n) is 2.00. The molecule has 19 heavy (non-hydrogen) atoms. The van der Waals surface area contributed by atoms with Gasteiger partial charge in [-0.05, 0) is 41.4 Å². The van der Waals surface area contributed by atoms with Gasteiger partial charge in [0.05, 0.1) is 17.1 Å². The van der Waals surface area contributed by atoms with Crippen LogP contribution in [-0.2, 0) is 6.54 Å². The van der Waals surface area contributed by atoms with Gasteiger partial charge in [0.25, 0.3) is 0 Å². The number of thiophene rings is 1. The lowest BCUT2D eigenvalue weighted by Gasteiger charge is -2.17. The van der Waals surface area contributed by atoms with Crippen LogP contribution in [0, 0.1) is 6.92 Å². The average Bonchev–Trinajstić information content (AvgIpc) is 2.95. The van der Waals surface area contributed by atoms with Crippen LogP contribution in [0.5, 0.6) is 5.75 Å². The molecule has 3 N–H and O–H groups in total. The van der Waals surface area contributed by atoms with E-state index in [1.807, 2.05) is 11.6 Å². The van der Waals surface area contributed by atoms with Gasteiger partial charge in [-0.3, -0.25) is 10.5 Å². The van der Waals surface area contributed by atoms with Gasteiger partial charge in [-0.15, -0.1) is 11.3 Å². The molecule has 7 heteroatoms. The predicted molar refractivity (Wildman–Crippen MR) is 80.4 cm³/mol. The molecule has 0 fully saturated rings. The molecule has 0 aliphatic rings. The maximum Gasteiger partial charge on any atom is 0.162 e. The van der Waals surface area contributed by atoms with Gasteiger partial charge in [-0.2, -0.15) is 5.10 Å². The van der Waals surface area contributed by atoms with Crippen molar-refractivity contribution in [3.63, 3.8) is 0 Å². The minimum atomic E-state index is -0.132. The molecule has 0 aromatic carbocycles. The Hall–Kier alpha value is -0.890. The molecule has 0 bridgehead atoms. The topological polar surface area (TPSA) is 65.1 Å². The first-order chi connectivity index (χ1) is 9.12. The van der Waals surface area contributed by atoms with Crippen molar-refractivity contribution < 1.29 is 4.74 Å². The van der Waals surface area contributed by atoms with Crippen LogP contribution < -0.4 is 16.0 Å². The molecule has 5 nitrogen and oxygen atoms in total. The highest BCUT2D eigenvalue weighted by Gasteiger charge is 2.24. The van der Waals surface area contributed by atoms with E-state index < -0.39 is 0 Å². The molecule has 2 rings (SSSR count). The smallest absolute Gasteiger partial charge is 0.162 e. The zero-order valence-corrected chi connectivity index (χ0v) is 13.5. The van der Waals surface area contributed by atoms with Crippen molar-refractivity contribution in [2.24, 2.45) is 5.84 Å². The van der Waals surface area contributed by atoms with Crippen LogP contribution in [0.15, 0.2) is 16.0 Å². The maximum atomic E-state index is 5.75. The third kappa shape index (κ3) is 2.69. The number of aromatic nitrogens is 2. The maximum absolute atomic E-state index is 5.75. The van der Waals surface area contributed by atoms with Crippen LogP contribution in [0.2, 0.25) is 0 Å². The molecule has 0 amide bonds. The quantitative estimate of drug-likeness (QED) is 0.646. The SMILES string of the molecule is CCn1ncc(OC)c1C(NN)c1cc(C)c(Br)s1. The predicted octanol–water partition coefficient (Wildman–Crippen LogP) is 2.60. The minimum absolute atomic E-state index is 0.132. The largest absolute Gasteiger partial charge is 0.493 e. The second-order valence-electron chi connectivity index (χ2n) is 4.12. The molecule has 0 saturated heterocycles. The molecule has 104 valence electrons. The Morgan fingerprint density at radius 1 is 1.63 bits per heavy atom. The highest BCUT2D eigenvalue weighted by atomic mass is 79.9. The van der Waals surface area contributed by atoms with Crippen molar-refractivity contribution in [1.82, 2.24) is 15.2 Å². The van der Waals surface area contributed by atoms with E-state index in [2.05, 4.69) is 39.4 Å². The summed E-state index contributed by atoms with van der Waals surface area (Å²) in [6, 6.07) is 1.98. The first-order valence-electron chi connectivity index (χ1n) is 5.94. The van der Waals surface area contributed by atoms with E-state index >= 15 is 0 Å². The number of aryl methyl sites for hydroxylation is 2. The Kier molecular flexibility index (Phi) is 4.62. The van der Waals surface area contributed by atoms with Gasteiger partial charge in [0.15, 0.2) is 5.75 Å². The number of halogens is 1. The number of nitrogens with zero attached hydrogens (tertiary/aromatic N) is 2. The van der Waals surface area contributed by atoms with Gasteiger partial charge >= 0.3 is 0 Å². The Balaban J connectivity index is 2.49. The number of nitrogens with two attached hydrogens (primary N) is 1. The average molecular weight is 345 g/mol. The molecule has 0 radical (unpaired) electrons. The molecule has 1 unspecified atom stereocenters. The van der Waals surface area contributed by atoms with Crippen LogP contribution in [0.25, 0.3) is 0 Å². The molecular formula is C12H17BrN4OS. The Morgan fingerprint density at radius 3 is 2.84 bits per heavy atom. The molecule has 2 heterocycles. The number of nitrogens with one attached hydrogen (secondary N) is 1. The van der Waals surface area contributed by atoms with E-state index in [1.54, 1.807) is 24.6 Å². The first kappa shape index (κ1) is 14.5. The van der Waals surface area contributed by atoms with E-state index in [9.17, 15) is 0 Å².